The SMILES string of the molecule is COc1ccccc1-c1cnc2c(c1)C(=O)N([C@@H](C)CO)C[C@H](C)[C@@H](CN(C)CC1CCCC1)O2. The molecular weight excluding hydrogens is 442 g/mol. The Labute approximate surface area is 209 Å². The molecule has 2 heterocycles. The third-order valence-corrected chi connectivity index (χ3v) is 7.48. The number of likely N-dealkylation sites (N-methyl/N-ethyl adjacent to an activating group) is 1. The number of para-hydroxylation sites is 1. The Morgan fingerprint density at radius 1 is 1.23 bits per heavy atom. The molecule has 35 heavy (non-hydrogen) atoms. The van der Waals surface area contributed by atoms with Crippen LogP contribution in [-0.4, -0.2) is 78.3 Å². The number of carbonyl (C=O) groups is 1. The van der Waals surface area contributed by atoms with E-state index in [-0.39, 0.29) is 30.6 Å². The molecule has 1 aromatic heterocycles. The highest BCUT2D eigenvalue weighted by Crippen LogP contribution is 2.34. The van der Waals surface area contributed by atoms with Gasteiger partial charge in [-0.3, -0.25) is 4.79 Å². The van der Waals surface area contributed by atoms with Gasteiger partial charge in [0.1, 0.15) is 17.4 Å². The van der Waals surface area contributed by atoms with E-state index in [1.165, 1.54) is 25.7 Å². The van der Waals surface area contributed by atoms with Gasteiger partial charge in [0, 0.05) is 42.9 Å². The minimum atomic E-state index is -0.303. The van der Waals surface area contributed by atoms with Crippen molar-refractivity contribution in [2.24, 2.45) is 11.8 Å². The van der Waals surface area contributed by atoms with Crippen LogP contribution in [0.4, 0.5) is 0 Å². The number of hydrogen-bond acceptors (Lipinski definition) is 6. The maximum atomic E-state index is 13.7. The fraction of sp³-hybridized carbons (Fsp3) is 0.571. The number of aliphatic hydroxyl groups excluding tert-OH is 1. The Balaban J connectivity index is 1.67. The molecule has 1 saturated carbocycles. The highest BCUT2D eigenvalue weighted by Gasteiger charge is 2.34. The van der Waals surface area contributed by atoms with Crippen molar-refractivity contribution in [3.8, 4) is 22.8 Å². The van der Waals surface area contributed by atoms with Crippen molar-refractivity contribution in [3.63, 3.8) is 0 Å². The van der Waals surface area contributed by atoms with Crippen LogP contribution < -0.4 is 9.47 Å². The summed E-state index contributed by atoms with van der Waals surface area (Å²) in [6.07, 6.45) is 6.89. The van der Waals surface area contributed by atoms with E-state index in [1.807, 2.05) is 37.3 Å². The number of pyridine rings is 1. The monoisotopic (exact) mass is 481 g/mol. The van der Waals surface area contributed by atoms with Crippen LogP contribution in [0.3, 0.4) is 0 Å². The zero-order valence-electron chi connectivity index (χ0n) is 21.4. The number of hydrogen-bond donors (Lipinski definition) is 1. The number of benzene rings is 1. The lowest BCUT2D eigenvalue weighted by molar-refractivity contribution is 0.0320. The molecular formula is C28H39N3O4. The highest BCUT2D eigenvalue weighted by atomic mass is 16.5. The van der Waals surface area contributed by atoms with Gasteiger partial charge in [-0.1, -0.05) is 38.0 Å². The first kappa shape index (κ1) is 25.5. The van der Waals surface area contributed by atoms with Gasteiger partial charge in [-0.05, 0) is 44.9 Å². The number of nitrogens with zero attached hydrogens (tertiary/aromatic N) is 3. The van der Waals surface area contributed by atoms with E-state index >= 15 is 0 Å². The molecule has 7 nitrogen and oxygen atoms in total. The van der Waals surface area contributed by atoms with E-state index in [0.717, 1.165) is 30.1 Å². The van der Waals surface area contributed by atoms with E-state index in [2.05, 4.69) is 23.9 Å². The van der Waals surface area contributed by atoms with Crippen molar-refractivity contribution in [3.05, 3.63) is 42.1 Å². The maximum Gasteiger partial charge on any atom is 0.259 e. The molecule has 2 aromatic rings. The van der Waals surface area contributed by atoms with Crippen LogP contribution in [0.15, 0.2) is 36.5 Å². The number of aromatic nitrogens is 1. The van der Waals surface area contributed by atoms with Crippen molar-refractivity contribution in [1.29, 1.82) is 0 Å². The third-order valence-electron chi connectivity index (χ3n) is 7.48. The minimum absolute atomic E-state index is 0.0859. The van der Waals surface area contributed by atoms with Crippen LogP contribution in [0.5, 0.6) is 11.6 Å². The van der Waals surface area contributed by atoms with Crippen molar-refractivity contribution >= 4 is 5.91 Å². The molecule has 1 aliphatic carbocycles. The van der Waals surface area contributed by atoms with E-state index in [1.54, 1.807) is 18.2 Å². The Kier molecular flexibility index (Phi) is 8.29. The van der Waals surface area contributed by atoms with Gasteiger partial charge in [0.25, 0.3) is 5.91 Å². The Morgan fingerprint density at radius 3 is 2.69 bits per heavy atom. The molecule has 1 aromatic carbocycles. The van der Waals surface area contributed by atoms with Gasteiger partial charge in [-0.2, -0.15) is 0 Å². The zero-order valence-corrected chi connectivity index (χ0v) is 21.4. The number of ether oxygens (including phenoxy) is 2. The summed E-state index contributed by atoms with van der Waals surface area (Å²) in [4.78, 5) is 22.4. The molecule has 2 aliphatic rings. The first-order chi connectivity index (χ1) is 16.9. The summed E-state index contributed by atoms with van der Waals surface area (Å²) in [5.74, 6) is 1.74. The molecule has 0 radical (unpaired) electrons. The predicted octanol–water partition coefficient (Wildman–Crippen LogP) is 4.10. The van der Waals surface area contributed by atoms with Gasteiger partial charge in [-0.15, -0.1) is 0 Å². The normalized spacial score (nSPS) is 21.9. The second-order valence-corrected chi connectivity index (χ2v) is 10.3. The number of amides is 1. The molecule has 4 rings (SSSR count). The van der Waals surface area contributed by atoms with Crippen LogP contribution in [0.25, 0.3) is 11.1 Å². The molecule has 190 valence electrons. The lowest BCUT2D eigenvalue weighted by Gasteiger charge is -2.38. The minimum Gasteiger partial charge on any atom is -0.496 e. The molecule has 1 aliphatic heterocycles. The summed E-state index contributed by atoms with van der Waals surface area (Å²) in [7, 11) is 3.79. The number of carbonyl (C=O) groups excluding carboxylic acids is 1. The maximum absolute atomic E-state index is 13.7. The van der Waals surface area contributed by atoms with Gasteiger partial charge in [-0.25, -0.2) is 4.98 Å². The molecule has 1 fully saturated rings. The Morgan fingerprint density at radius 2 is 1.97 bits per heavy atom. The summed E-state index contributed by atoms with van der Waals surface area (Å²) in [6.45, 7) is 6.25. The van der Waals surface area contributed by atoms with Crippen molar-refractivity contribution in [1.82, 2.24) is 14.8 Å². The van der Waals surface area contributed by atoms with Gasteiger partial charge in [0.2, 0.25) is 5.88 Å². The Bertz CT molecular complexity index is 1010. The molecule has 0 bridgehead atoms. The largest absolute Gasteiger partial charge is 0.496 e. The summed E-state index contributed by atoms with van der Waals surface area (Å²) < 4.78 is 12.0. The first-order valence-corrected chi connectivity index (χ1v) is 12.8. The summed E-state index contributed by atoms with van der Waals surface area (Å²) in [6, 6.07) is 9.23. The number of rotatable bonds is 8. The van der Waals surface area contributed by atoms with Crippen molar-refractivity contribution in [2.45, 2.75) is 51.7 Å². The standard InChI is InChI=1S/C28H39N3O4/c1-19-15-31(20(2)18-32)28(33)24-13-22(23-11-7-8-12-25(23)34-4)14-29-27(24)35-26(19)17-30(3)16-21-9-5-6-10-21/h7-8,11-14,19-21,26,32H,5-6,9-10,15-18H2,1-4H3/t19-,20-,26+/m0/s1. The lowest BCUT2D eigenvalue weighted by atomic mass is 9.98. The second-order valence-electron chi connectivity index (χ2n) is 10.3. The van der Waals surface area contributed by atoms with Gasteiger partial charge in [0.05, 0.1) is 19.8 Å². The quantitative estimate of drug-likeness (QED) is 0.612. The first-order valence-electron chi connectivity index (χ1n) is 12.8. The van der Waals surface area contributed by atoms with Crippen LogP contribution in [0, 0.1) is 11.8 Å². The van der Waals surface area contributed by atoms with Gasteiger partial charge >= 0.3 is 0 Å². The molecule has 0 spiro atoms. The van der Waals surface area contributed by atoms with Crippen molar-refractivity contribution < 1.29 is 19.4 Å². The Hall–Kier alpha value is -2.64. The van der Waals surface area contributed by atoms with Crippen molar-refractivity contribution in [2.75, 3.05) is 40.4 Å². The second kappa shape index (κ2) is 11.4. The van der Waals surface area contributed by atoms with Crippen LogP contribution in [0.2, 0.25) is 0 Å². The van der Waals surface area contributed by atoms with E-state index in [9.17, 15) is 9.90 Å². The molecule has 3 atom stereocenters. The molecule has 1 amide bonds. The van der Waals surface area contributed by atoms with Gasteiger partial charge in [0.15, 0.2) is 0 Å². The lowest BCUT2D eigenvalue weighted by Crippen LogP contribution is -2.50. The highest BCUT2D eigenvalue weighted by molar-refractivity contribution is 5.98. The van der Waals surface area contributed by atoms with E-state index in [0.29, 0.717) is 23.7 Å². The van der Waals surface area contributed by atoms with E-state index in [4.69, 9.17) is 9.47 Å². The molecule has 0 unspecified atom stereocenters. The molecule has 7 heteroatoms. The van der Waals surface area contributed by atoms with Crippen LogP contribution >= 0.6 is 0 Å². The number of methoxy groups -OCH3 is 1. The predicted molar refractivity (Wildman–Crippen MR) is 137 cm³/mol. The smallest absolute Gasteiger partial charge is 0.259 e. The number of fused-ring (bicyclic) bond motifs is 1. The average molecular weight is 482 g/mol. The fourth-order valence-electron chi connectivity index (χ4n) is 5.37. The van der Waals surface area contributed by atoms with Crippen LogP contribution in [0.1, 0.15) is 49.9 Å². The van der Waals surface area contributed by atoms with Crippen LogP contribution in [-0.2, 0) is 0 Å². The summed E-state index contributed by atoms with van der Waals surface area (Å²) >= 11 is 0. The molecule has 0 saturated heterocycles. The summed E-state index contributed by atoms with van der Waals surface area (Å²) in [5, 5.41) is 9.91. The van der Waals surface area contributed by atoms with Gasteiger partial charge < -0.3 is 24.4 Å². The fourth-order valence-corrected chi connectivity index (χ4v) is 5.37. The zero-order chi connectivity index (χ0) is 24.9. The third kappa shape index (κ3) is 5.78. The molecule has 1 N–H and O–H groups in total. The average Bonchev–Trinajstić information content (AvgIpc) is 3.38. The summed E-state index contributed by atoms with van der Waals surface area (Å²) in [5.41, 5.74) is 2.07. The topological polar surface area (TPSA) is 75.1 Å². The van der Waals surface area contributed by atoms with E-state index < -0.39 is 0 Å². The number of aliphatic hydroxyl groups is 1.